The zero-order chi connectivity index (χ0) is 47.3. The number of carbonyl (C=O) groups is 3. The lowest BCUT2D eigenvalue weighted by atomic mass is 9.90. The molecule has 1 aromatic rings. The van der Waals surface area contributed by atoms with Crippen LogP contribution in [0.3, 0.4) is 0 Å². The van der Waals surface area contributed by atoms with Crippen LogP contribution in [-0.2, 0) is 30.3 Å². The predicted molar refractivity (Wildman–Crippen MR) is 280 cm³/mol. The van der Waals surface area contributed by atoms with Crippen molar-refractivity contribution in [2.45, 2.75) is 259 Å². The van der Waals surface area contributed by atoms with E-state index in [1.807, 2.05) is 24.3 Å². The minimum absolute atomic E-state index is 0.00332. The maximum Gasteiger partial charge on any atom is 0.308 e. The van der Waals surface area contributed by atoms with E-state index in [-0.39, 0.29) is 23.8 Å². The molecule has 0 aliphatic carbocycles. The molecule has 65 heavy (non-hydrogen) atoms. The molecule has 7 nitrogen and oxygen atoms in total. The highest BCUT2D eigenvalue weighted by molar-refractivity contribution is 9.10. The molecule has 1 rings (SSSR count). The van der Waals surface area contributed by atoms with Crippen molar-refractivity contribution >= 4 is 33.8 Å². The number of halogens is 1. The van der Waals surface area contributed by atoms with Gasteiger partial charge in [-0.2, -0.15) is 0 Å². The summed E-state index contributed by atoms with van der Waals surface area (Å²) in [5.41, 5.74) is 1.03. The van der Waals surface area contributed by atoms with E-state index in [4.69, 9.17) is 9.47 Å². The number of carbonyl (C=O) groups excluding carboxylic acids is 3. The number of amides is 1. The van der Waals surface area contributed by atoms with E-state index in [0.29, 0.717) is 38.5 Å². The predicted octanol–water partition coefficient (Wildman–Crippen LogP) is 16.5. The fraction of sp³-hybridized carbons (Fsp3) is 0.842. The lowest BCUT2D eigenvalue weighted by molar-refractivity contribution is -0.149. The second kappa shape index (κ2) is 45.8. The number of nitrogens with one attached hydrogen (secondary N) is 1. The Hall–Kier alpha value is -1.93. The Morgan fingerprint density at radius 1 is 0.508 bits per heavy atom. The van der Waals surface area contributed by atoms with Gasteiger partial charge < -0.3 is 19.7 Å². The maximum absolute atomic E-state index is 13.1. The Labute approximate surface area is 410 Å². The molecule has 8 heteroatoms. The maximum atomic E-state index is 13.1. The molecule has 0 spiro atoms. The number of esters is 2. The van der Waals surface area contributed by atoms with Gasteiger partial charge in [0.25, 0.3) is 0 Å². The van der Waals surface area contributed by atoms with E-state index in [9.17, 15) is 14.4 Å². The monoisotopic (exact) mass is 975 g/mol. The highest BCUT2D eigenvalue weighted by Gasteiger charge is 2.19. The van der Waals surface area contributed by atoms with Crippen molar-refractivity contribution in [3.8, 4) is 0 Å². The van der Waals surface area contributed by atoms with Crippen LogP contribution in [0.1, 0.15) is 258 Å². The summed E-state index contributed by atoms with van der Waals surface area (Å²) < 4.78 is 12.6. The van der Waals surface area contributed by atoms with Gasteiger partial charge in [-0.1, -0.05) is 223 Å². The Morgan fingerprint density at radius 3 is 1.48 bits per heavy atom. The van der Waals surface area contributed by atoms with Crippen LogP contribution in [-0.4, -0.2) is 62.1 Å². The lowest BCUT2D eigenvalue weighted by Gasteiger charge is -2.22. The van der Waals surface area contributed by atoms with E-state index in [1.54, 1.807) is 0 Å². The molecule has 0 radical (unpaired) electrons. The van der Waals surface area contributed by atoms with Gasteiger partial charge in [0, 0.05) is 17.4 Å². The van der Waals surface area contributed by atoms with Crippen molar-refractivity contribution < 1.29 is 23.9 Å². The van der Waals surface area contributed by atoms with Crippen LogP contribution in [0.4, 0.5) is 0 Å². The van der Waals surface area contributed by atoms with Crippen molar-refractivity contribution in [3.05, 3.63) is 34.3 Å². The summed E-state index contributed by atoms with van der Waals surface area (Å²) in [6.07, 6.45) is 41.4. The molecule has 378 valence electrons. The minimum Gasteiger partial charge on any atom is -0.466 e. The zero-order valence-corrected chi connectivity index (χ0v) is 44.6. The van der Waals surface area contributed by atoms with Crippen LogP contribution in [0.5, 0.6) is 0 Å². The summed E-state index contributed by atoms with van der Waals surface area (Å²) in [4.78, 5) is 40.9. The van der Waals surface area contributed by atoms with Crippen LogP contribution in [0.15, 0.2) is 28.7 Å². The molecule has 0 bridgehead atoms. The summed E-state index contributed by atoms with van der Waals surface area (Å²) >= 11 is 3.47. The summed E-state index contributed by atoms with van der Waals surface area (Å²) in [6.45, 7) is 14.0. The number of rotatable bonds is 48. The molecule has 1 amide bonds. The Balaban J connectivity index is 2.42. The molecule has 1 atom stereocenters. The highest BCUT2D eigenvalue weighted by Crippen LogP contribution is 2.24. The van der Waals surface area contributed by atoms with Gasteiger partial charge in [-0.05, 0) is 94.6 Å². The summed E-state index contributed by atoms with van der Waals surface area (Å²) in [5.74, 6) is 0.875. The third-order valence-electron chi connectivity index (χ3n) is 13.3. The fourth-order valence-electron chi connectivity index (χ4n) is 9.04. The molecule has 1 N–H and O–H groups in total. The molecule has 0 saturated heterocycles. The minimum atomic E-state index is -0.00332. The van der Waals surface area contributed by atoms with Crippen LogP contribution >= 0.6 is 15.9 Å². The van der Waals surface area contributed by atoms with Gasteiger partial charge >= 0.3 is 11.9 Å². The average molecular weight is 976 g/mol. The first kappa shape index (κ1) is 61.1. The Bertz CT molecular complexity index is 1220. The lowest BCUT2D eigenvalue weighted by Crippen LogP contribution is -2.32. The number of ether oxygens (including phenoxy) is 2. The third-order valence-corrected chi connectivity index (χ3v) is 13.9. The largest absolute Gasteiger partial charge is 0.466 e. The molecular formula is C57H103BrN2O5. The smallest absolute Gasteiger partial charge is 0.308 e. The third kappa shape index (κ3) is 38.7. The summed E-state index contributed by atoms with van der Waals surface area (Å²) in [5, 5.41) is 3.14. The molecule has 1 unspecified atom stereocenters. The summed E-state index contributed by atoms with van der Waals surface area (Å²) in [6, 6.07) is 7.96. The first-order valence-corrected chi connectivity index (χ1v) is 28.7. The van der Waals surface area contributed by atoms with Crippen molar-refractivity contribution in [2.75, 3.05) is 39.4 Å². The number of hydrogen-bond acceptors (Lipinski definition) is 6. The molecule has 0 fully saturated rings. The zero-order valence-electron chi connectivity index (χ0n) is 43.0. The van der Waals surface area contributed by atoms with Crippen LogP contribution < -0.4 is 5.32 Å². The molecule has 0 aromatic heterocycles. The highest BCUT2D eigenvalue weighted by atomic mass is 79.9. The normalized spacial score (nSPS) is 12.0. The molecule has 0 aliphatic rings. The van der Waals surface area contributed by atoms with E-state index >= 15 is 0 Å². The Kier molecular flexibility index (Phi) is 43.1. The number of unbranched alkanes of at least 4 members (excludes halogenated alkanes) is 22. The van der Waals surface area contributed by atoms with Gasteiger partial charge in [-0.25, -0.2) is 0 Å². The molecular weight excluding hydrogens is 873 g/mol. The Morgan fingerprint density at radius 2 is 0.938 bits per heavy atom. The van der Waals surface area contributed by atoms with Crippen LogP contribution in [0.2, 0.25) is 0 Å². The van der Waals surface area contributed by atoms with Gasteiger partial charge in [-0.3, -0.25) is 14.4 Å². The second-order valence-electron chi connectivity index (χ2n) is 19.5. The van der Waals surface area contributed by atoms with Gasteiger partial charge in [0.1, 0.15) is 0 Å². The number of nitrogens with zero attached hydrogens (tertiary/aromatic N) is 1. The van der Waals surface area contributed by atoms with Gasteiger partial charge in [0.2, 0.25) is 5.91 Å². The van der Waals surface area contributed by atoms with Gasteiger partial charge in [-0.15, -0.1) is 0 Å². The quantitative estimate of drug-likeness (QED) is 0.0517. The van der Waals surface area contributed by atoms with Crippen molar-refractivity contribution in [1.82, 2.24) is 10.2 Å². The molecule has 0 aliphatic heterocycles. The molecule has 1 aromatic carbocycles. The van der Waals surface area contributed by atoms with Crippen molar-refractivity contribution in [3.63, 3.8) is 0 Å². The fourth-order valence-corrected chi connectivity index (χ4v) is 9.31. The number of benzene rings is 1. The standard InChI is InChI=1S/C57H103BrN2O5/c1-5-9-13-17-20-28-37-53(36-27-16-12-8-4)57(63)65-49-32-24-19-22-30-46-60(47-33-44-59-55(61)50-52-38-41-54(58)42-39-52)45-29-21-18-23-31-48-64-56(62)43-40-51(34-25-14-10-6-2)35-26-15-11-7-3/h38-39,41-42,51,53H,5-37,40,43-50H2,1-4H3,(H,59,61). The molecule has 0 heterocycles. The van der Waals surface area contributed by atoms with Crippen LogP contribution in [0.25, 0.3) is 0 Å². The van der Waals surface area contributed by atoms with E-state index < -0.39 is 0 Å². The topological polar surface area (TPSA) is 84.9 Å². The first-order chi connectivity index (χ1) is 31.8. The average Bonchev–Trinajstić information content (AvgIpc) is 3.30. The van der Waals surface area contributed by atoms with Gasteiger partial charge in [0.05, 0.1) is 25.6 Å². The van der Waals surface area contributed by atoms with E-state index in [0.717, 1.165) is 107 Å². The van der Waals surface area contributed by atoms with E-state index in [1.165, 1.54) is 141 Å². The van der Waals surface area contributed by atoms with Crippen molar-refractivity contribution in [1.29, 1.82) is 0 Å². The van der Waals surface area contributed by atoms with Crippen LogP contribution in [0, 0.1) is 11.8 Å². The summed E-state index contributed by atoms with van der Waals surface area (Å²) in [7, 11) is 0. The number of hydrogen-bond donors (Lipinski definition) is 1. The SMILES string of the molecule is CCCCCCCCC(CCCCCC)C(=O)OCCCCCCCN(CCCCCCCOC(=O)CCC(CCCCCC)CCCCCC)CCCNC(=O)Cc1ccc(Br)cc1. The first-order valence-electron chi connectivity index (χ1n) is 27.9. The van der Waals surface area contributed by atoms with Crippen molar-refractivity contribution in [2.24, 2.45) is 11.8 Å². The van der Waals surface area contributed by atoms with E-state index in [2.05, 4.69) is 53.8 Å². The second-order valence-corrected chi connectivity index (χ2v) is 20.4. The molecule has 0 saturated carbocycles. The van der Waals surface area contributed by atoms with Gasteiger partial charge in [0.15, 0.2) is 0 Å².